The second-order valence-electron chi connectivity index (χ2n) is 8.63. The maximum absolute atomic E-state index is 12.8. The van der Waals surface area contributed by atoms with E-state index in [1.807, 2.05) is 20.8 Å². The predicted molar refractivity (Wildman–Crippen MR) is 90.9 cm³/mol. The zero-order valence-corrected chi connectivity index (χ0v) is 15.2. The molecular weight excluding hydrogens is 288 g/mol. The zero-order chi connectivity index (χ0) is 16.8. The summed E-state index contributed by atoms with van der Waals surface area (Å²) >= 11 is 0. The maximum Gasteiger partial charge on any atom is 0.312 e. The number of ether oxygens (including phenoxy) is 1. The van der Waals surface area contributed by atoms with Gasteiger partial charge < -0.3 is 9.84 Å². The van der Waals surface area contributed by atoms with Crippen molar-refractivity contribution in [2.75, 3.05) is 0 Å². The summed E-state index contributed by atoms with van der Waals surface area (Å²) in [4.78, 5) is 12.8. The fourth-order valence-electron chi connectivity index (χ4n) is 4.97. The summed E-state index contributed by atoms with van der Waals surface area (Å²) in [6.45, 7) is 8.07. The number of hydrogen-bond donors (Lipinski definition) is 1. The van der Waals surface area contributed by atoms with Crippen LogP contribution >= 0.6 is 0 Å². The van der Waals surface area contributed by atoms with Crippen molar-refractivity contribution in [2.45, 2.75) is 90.8 Å². The minimum Gasteiger partial charge on any atom is -0.451 e. The highest BCUT2D eigenvalue weighted by molar-refractivity contribution is 5.77. The first-order valence-corrected chi connectivity index (χ1v) is 9.42. The fourth-order valence-corrected chi connectivity index (χ4v) is 4.97. The monoisotopic (exact) mass is 320 g/mol. The molecule has 3 nitrogen and oxygen atoms in total. The van der Waals surface area contributed by atoms with Crippen LogP contribution in [0.5, 0.6) is 0 Å². The number of aliphatic hydroxyl groups excluding tert-OH is 1. The number of esters is 1. The molecule has 0 bridgehead atoms. The molecule has 3 heteroatoms. The van der Waals surface area contributed by atoms with E-state index in [9.17, 15) is 9.90 Å². The normalized spacial score (nSPS) is 37.3. The van der Waals surface area contributed by atoms with Crippen molar-refractivity contribution < 1.29 is 14.6 Å². The molecule has 0 radical (unpaired) electrons. The van der Waals surface area contributed by atoms with E-state index in [1.165, 1.54) is 24.0 Å². The van der Waals surface area contributed by atoms with Crippen LogP contribution in [0.3, 0.4) is 0 Å². The van der Waals surface area contributed by atoms with Crippen LogP contribution in [-0.2, 0) is 9.53 Å². The number of carbonyl (C=O) groups is 1. The molecule has 2 saturated carbocycles. The molecule has 0 heterocycles. The van der Waals surface area contributed by atoms with Crippen molar-refractivity contribution in [3.8, 4) is 0 Å². The van der Waals surface area contributed by atoms with Crippen LogP contribution in [0.25, 0.3) is 0 Å². The lowest BCUT2D eigenvalue weighted by Gasteiger charge is -2.38. The summed E-state index contributed by atoms with van der Waals surface area (Å²) in [7, 11) is 0. The molecule has 23 heavy (non-hydrogen) atoms. The Balaban J connectivity index is 1.96. The first-order valence-electron chi connectivity index (χ1n) is 9.42. The lowest BCUT2D eigenvalue weighted by Crippen LogP contribution is -2.48. The van der Waals surface area contributed by atoms with Crippen LogP contribution in [0.4, 0.5) is 0 Å². The first-order chi connectivity index (χ1) is 10.8. The smallest absolute Gasteiger partial charge is 0.312 e. The number of hydrogen-bond acceptors (Lipinski definition) is 3. The Hall–Kier alpha value is -0.830. The molecule has 0 saturated heterocycles. The first kappa shape index (κ1) is 17.0. The molecule has 2 fully saturated rings. The van der Waals surface area contributed by atoms with Gasteiger partial charge in [0.2, 0.25) is 0 Å². The van der Waals surface area contributed by atoms with E-state index in [2.05, 4.69) is 6.92 Å². The van der Waals surface area contributed by atoms with Crippen molar-refractivity contribution in [1.82, 2.24) is 0 Å². The molecule has 0 aromatic carbocycles. The largest absolute Gasteiger partial charge is 0.451 e. The molecule has 3 aliphatic rings. The number of allylic oxidation sites excluding steroid dienone is 1. The lowest BCUT2D eigenvalue weighted by molar-refractivity contribution is -0.176. The van der Waals surface area contributed by atoms with Crippen LogP contribution in [0, 0.1) is 17.3 Å². The Bertz CT molecular complexity index is 519. The minimum atomic E-state index is -0.736. The maximum atomic E-state index is 12.8. The Morgan fingerprint density at radius 2 is 2.04 bits per heavy atom. The summed E-state index contributed by atoms with van der Waals surface area (Å²) in [6.07, 6.45) is 7.69. The lowest BCUT2D eigenvalue weighted by atomic mass is 9.83. The van der Waals surface area contributed by atoms with Gasteiger partial charge in [0, 0.05) is 0 Å². The number of fused-ring (bicyclic) bond motifs is 1. The predicted octanol–water partition coefficient (Wildman–Crippen LogP) is 4.39. The highest BCUT2D eigenvalue weighted by Crippen LogP contribution is 2.56. The fraction of sp³-hybridized carbons (Fsp3) is 0.850. The van der Waals surface area contributed by atoms with Crippen molar-refractivity contribution in [3.05, 3.63) is 11.1 Å². The van der Waals surface area contributed by atoms with Crippen LogP contribution in [0.1, 0.15) is 79.1 Å². The average molecular weight is 320 g/mol. The van der Waals surface area contributed by atoms with Crippen LogP contribution in [-0.4, -0.2) is 22.8 Å². The molecule has 0 spiro atoms. The highest BCUT2D eigenvalue weighted by atomic mass is 16.6. The van der Waals surface area contributed by atoms with Gasteiger partial charge in [-0.2, -0.15) is 0 Å². The molecule has 0 amide bonds. The molecule has 0 aromatic rings. The standard InChI is InChI=1S/C20H32O3/c1-5-19(3,4)18(22)23-20(16-11-6-8-13(16)2)12-14-9-7-10-15(14)17(20)21/h14-15,17,21H,5-12H2,1-4H3. The van der Waals surface area contributed by atoms with Crippen LogP contribution < -0.4 is 0 Å². The van der Waals surface area contributed by atoms with E-state index in [4.69, 9.17) is 4.74 Å². The van der Waals surface area contributed by atoms with Gasteiger partial charge in [-0.1, -0.05) is 18.9 Å². The Morgan fingerprint density at radius 1 is 1.30 bits per heavy atom. The third-order valence-electron chi connectivity index (χ3n) is 6.88. The van der Waals surface area contributed by atoms with Gasteiger partial charge in [-0.15, -0.1) is 0 Å². The molecule has 3 aliphatic carbocycles. The van der Waals surface area contributed by atoms with E-state index in [0.717, 1.165) is 38.5 Å². The Kier molecular flexibility index (Phi) is 4.37. The number of carbonyl (C=O) groups excluding carboxylic acids is 1. The number of rotatable bonds is 4. The molecule has 4 atom stereocenters. The van der Waals surface area contributed by atoms with Gasteiger partial charge in [-0.25, -0.2) is 0 Å². The SMILES string of the molecule is CCC(C)(C)C(=O)OC1(C2=C(C)CCC2)CC2CCCC2C1O. The quantitative estimate of drug-likeness (QED) is 0.617. The van der Waals surface area contributed by atoms with E-state index in [-0.39, 0.29) is 5.97 Å². The van der Waals surface area contributed by atoms with Crippen molar-refractivity contribution in [1.29, 1.82) is 0 Å². The van der Waals surface area contributed by atoms with Crippen molar-refractivity contribution in [2.24, 2.45) is 17.3 Å². The van der Waals surface area contributed by atoms with Gasteiger partial charge in [-0.05, 0) is 83.1 Å². The summed E-state index contributed by atoms with van der Waals surface area (Å²) in [5.74, 6) is 0.683. The second kappa shape index (κ2) is 5.91. The van der Waals surface area contributed by atoms with Gasteiger partial charge >= 0.3 is 5.97 Å². The van der Waals surface area contributed by atoms with E-state index in [1.54, 1.807) is 0 Å². The van der Waals surface area contributed by atoms with Crippen LogP contribution in [0.15, 0.2) is 11.1 Å². The van der Waals surface area contributed by atoms with E-state index in [0.29, 0.717) is 11.8 Å². The topological polar surface area (TPSA) is 46.5 Å². The molecule has 3 rings (SSSR count). The van der Waals surface area contributed by atoms with E-state index < -0.39 is 17.1 Å². The Labute approximate surface area is 140 Å². The van der Waals surface area contributed by atoms with Gasteiger partial charge in [-0.3, -0.25) is 4.79 Å². The van der Waals surface area contributed by atoms with Gasteiger partial charge in [0.05, 0.1) is 5.41 Å². The summed E-state index contributed by atoms with van der Waals surface area (Å²) in [5.41, 5.74) is 1.35. The highest BCUT2D eigenvalue weighted by Gasteiger charge is 2.59. The van der Waals surface area contributed by atoms with Gasteiger partial charge in [0.25, 0.3) is 0 Å². The second-order valence-corrected chi connectivity index (χ2v) is 8.63. The van der Waals surface area contributed by atoms with Gasteiger partial charge in [0.15, 0.2) is 5.60 Å². The summed E-state index contributed by atoms with van der Waals surface area (Å²) in [6, 6.07) is 0. The molecule has 1 N–H and O–H groups in total. The molecular formula is C20H32O3. The zero-order valence-electron chi connectivity index (χ0n) is 15.2. The summed E-state index contributed by atoms with van der Waals surface area (Å²) in [5, 5.41) is 11.2. The van der Waals surface area contributed by atoms with Crippen LogP contribution in [0.2, 0.25) is 0 Å². The molecule has 0 aromatic heterocycles. The summed E-state index contributed by atoms with van der Waals surface area (Å²) < 4.78 is 6.21. The molecule has 0 aliphatic heterocycles. The minimum absolute atomic E-state index is 0.147. The third kappa shape index (κ3) is 2.65. The van der Waals surface area contributed by atoms with Crippen molar-refractivity contribution >= 4 is 5.97 Å². The third-order valence-corrected chi connectivity index (χ3v) is 6.88. The van der Waals surface area contributed by atoms with Gasteiger partial charge in [0.1, 0.15) is 6.10 Å². The number of aliphatic hydroxyl groups is 1. The van der Waals surface area contributed by atoms with E-state index >= 15 is 0 Å². The average Bonchev–Trinajstić information content (AvgIpc) is 3.18. The molecule has 130 valence electrons. The Morgan fingerprint density at radius 3 is 2.61 bits per heavy atom. The molecule has 4 unspecified atom stereocenters. The van der Waals surface area contributed by atoms with Crippen molar-refractivity contribution in [3.63, 3.8) is 0 Å².